The fourth-order valence-corrected chi connectivity index (χ4v) is 5.62. The lowest BCUT2D eigenvalue weighted by molar-refractivity contribution is 0.00637. The molecule has 3 aliphatic heterocycles. The molecule has 4 atom stereocenters. The van der Waals surface area contributed by atoms with Crippen LogP contribution in [0.25, 0.3) is 10.9 Å². The second-order valence-electron chi connectivity index (χ2n) is 9.57. The number of carbonyl (C=O) groups is 1. The molecule has 0 N–H and O–H groups in total. The Morgan fingerprint density at radius 1 is 1.21 bits per heavy atom. The van der Waals surface area contributed by atoms with Crippen molar-refractivity contribution in [2.24, 2.45) is 0 Å². The molecular weight excluding hydrogens is 473 g/mol. The Labute approximate surface area is 198 Å². The fraction of sp³-hybridized carbons (Fsp3) is 0.619. The van der Waals surface area contributed by atoms with Crippen molar-refractivity contribution < 1.29 is 22.9 Å². The number of fused-ring (bicyclic) bond motifs is 5. The van der Waals surface area contributed by atoms with E-state index in [0.717, 1.165) is 12.8 Å². The molecule has 12 heteroatoms. The molecule has 0 aliphatic carbocycles. The highest BCUT2D eigenvalue weighted by Crippen LogP contribution is 2.44. The minimum absolute atomic E-state index is 0.00542. The van der Waals surface area contributed by atoms with Crippen molar-refractivity contribution in [1.29, 1.82) is 0 Å². The van der Waals surface area contributed by atoms with E-state index in [0.29, 0.717) is 30.8 Å². The smallest absolute Gasteiger partial charge is 0.410 e. The van der Waals surface area contributed by atoms with Gasteiger partial charge in [-0.25, -0.2) is 19.2 Å². The predicted octanol–water partition coefficient (Wildman–Crippen LogP) is 3.29. The van der Waals surface area contributed by atoms with Crippen molar-refractivity contribution in [3.8, 4) is 5.88 Å². The van der Waals surface area contributed by atoms with Gasteiger partial charge in [0.2, 0.25) is 11.0 Å². The lowest BCUT2D eigenvalue weighted by atomic mass is 9.99. The second-order valence-corrected chi connectivity index (χ2v) is 11.2. The Balaban J connectivity index is 1.64. The summed E-state index contributed by atoms with van der Waals surface area (Å²) in [6.07, 6.45) is 3.32. The number of hydrogen-bond acceptors (Lipinski definition) is 8. The lowest BCUT2D eigenvalue weighted by Crippen LogP contribution is -2.62. The minimum Gasteiger partial charge on any atom is -0.477 e. The van der Waals surface area contributed by atoms with E-state index in [4.69, 9.17) is 21.1 Å². The van der Waals surface area contributed by atoms with Crippen LogP contribution in [0.2, 0.25) is 5.15 Å². The van der Waals surface area contributed by atoms with Gasteiger partial charge in [0.25, 0.3) is 0 Å². The maximum Gasteiger partial charge on any atom is 0.410 e. The average molecular weight is 498 g/mol. The third-order valence-corrected chi connectivity index (χ3v) is 7.20. The first-order valence-corrected chi connectivity index (χ1v) is 12.8. The first kappa shape index (κ1) is 22.5. The third kappa shape index (κ3) is 3.78. The number of ether oxygens (including phenoxy) is 2. The number of amides is 1. The van der Waals surface area contributed by atoms with Crippen molar-refractivity contribution in [3.63, 3.8) is 0 Å². The van der Waals surface area contributed by atoms with Crippen LogP contribution in [-0.2, 0) is 15.5 Å². The van der Waals surface area contributed by atoms with Crippen LogP contribution in [0.1, 0.15) is 40.0 Å². The van der Waals surface area contributed by atoms with Gasteiger partial charge in [0.15, 0.2) is 11.0 Å². The first-order valence-electron chi connectivity index (χ1n) is 10.9. The Bertz CT molecular complexity index is 1180. The van der Waals surface area contributed by atoms with Crippen molar-refractivity contribution in [3.05, 3.63) is 11.0 Å². The molecule has 0 aromatic carbocycles. The minimum atomic E-state index is -1.55. The Morgan fingerprint density at radius 2 is 1.97 bits per heavy atom. The SMILES string of the molecule is CS(=O)c1nc2c3c(nc(Cl)c(F)c3n1)OCC[C@@H]1[C@@H]3CC[C@H](CN21)N3C(=O)OC(C)(C)C. The number of aromatic nitrogens is 3. The van der Waals surface area contributed by atoms with Crippen molar-refractivity contribution in [2.45, 2.75) is 68.9 Å². The number of piperazine rings is 1. The largest absolute Gasteiger partial charge is 0.477 e. The molecule has 1 amide bonds. The van der Waals surface area contributed by atoms with Crippen LogP contribution >= 0.6 is 11.6 Å². The van der Waals surface area contributed by atoms with Gasteiger partial charge < -0.3 is 14.4 Å². The zero-order chi connectivity index (χ0) is 23.7. The van der Waals surface area contributed by atoms with Crippen LogP contribution in [0, 0.1) is 5.82 Å². The Kier molecular flexibility index (Phi) is 5.39. The number of halogens is 2. The molecule has 0 spiro atoms. The molecule has 3 aliphatic rings. The highest BCUT2D eigenvalue weighted by Gasteiger charge is 2.50. The van der Waals surface area contributed by atoms with Crippen molar-refractivity contribution in [2.75, 3.05) is 24.3 Å². The van der Waals surface area contributed by atoms with Crippen LogP contribution in [0.3, 0.4) is 0 Å². The number of anilines is 1. The summed E-state index contributed by atoms with van der Waals surface area (Å²) in [5.41, 5.74) is -0.666. The molecule has 5 heterocycles. The van der Waals surface area contributed by atoms with E-state index in [1.165, 1.54) is 6.26 Å². The van der Waals surface area contributed by atoms with Crippen LogP contribution in [0.5, 0.6) is 5.88 Å². The number of carbonyl (C=O) groups excluding carboxylic acids is 1. The average Bonchev–Trinajstić information content (AvgIpc) is 3.05. The van der Waals surface area contributed by atoms with Crippen molar-refractivity contribution in [1.82, 2.24) is 19.9 Å². The lowest BCUT2D eigenvalue weighted by Gasteiger charge is -2.48. The molecule has 178 valence electrons. The molecule has 5 rings (SSSR count). The molecular formula is C21H25ClFN5O4S. The summed E-state index contributed by atoms with van der Waals surface area (Å²) >= 11 is 6.00. The Morgan fingerprint density at radius 3 is 2.67 bits per heavy atom. The highest BCUT2D eigenvalue weighted by atomic mass is 35.5. The molecule has 2 saturated heterocycles. The standard InChI is InChI=1S/C21H25ClFN5O4S/c1-21(2,3)32-20(29)28-10-5-6-12(28)11-7-8-31-18-13-15(14(23)16(22)25-18)24-19(33(4)30)26-17(13)27(11)9-10/h10-12H,5-9H2,1-4H3/t10-,11-,12+,33?/m1/s1. The monoisotopic (exact) mass is 497 g/mol. The van der Waals surface area contributed by atoms with E-state index in [9.17, 15) is 13.4 Å². The summed E-state index contributed by atoms with van der Waals surface area (Å²) in [6.45, 7) is 6.32. The first-order chi connectivity index (χ1) is 15.5. The number of rotatable bonds is 1. The second kappa shape index (κ2) is 7.90. The van der Waals surface area contributed by atoms with Gasteiger partial charge in [-0.05, 0) is 33.6 Å². The van der Waals surface area contributed by atoms with Crippen LogP contribution < -0.4 is 9.64 Å². The predicted molar refractivity (Wildman–Crippen MR) is 121 cm³/mol. The zero-order valence-corrected chi connectivity index (χ0v) is 20.4. The van der Waals surface area contributed by atoms with Crippen LogP contribution in [0.15, 0.2) is 5.16 Å². The summed E-state index contributed by atoms with van der Waals surface area (Å²) in [7, 11) is -1.55. The third-order valence-electron chi connectivity index (χ3n) is 6.26. The molecule has 0 radical (unpaired) electrons. The van der Waals surface area contributed by atoms with Gasteiger partial charge in [0, 0.05) is 19.2 Å². The molecule has 2 fully saturated rings. The van der Waals surface area contributed by atoms with E-state index < -0.39 is 22.2 Å². The van der Waals surface area contributed by atoms with Gasteiger partial charge >= 0.3 is 6.09 Å². The molecule has 33 heavy (non-hydrogen) atoms. The molecule has 2 bridgehead atoms. The summed E-state index contributed by atoms with van der Waals surface area (Å²) < 4.78 is 38.8. The number of pyridine rings is 1. The van der Waals surface area contributed by atoms with E-state index in [2.05, 4.69) is 19.9 Å². The van der Waals surface area contributed by atoms with E-state index in [1.54, 1.807) is 0 Å². The van der Waals surface area contributed by atoms with Gasteiger partial charge in [-0.15, -0.1) is 0 Å². The van der Waals surface area contributed by atoms with Gasteiger partial charge in [-0.2, -0.15) is 4.98 Å². The van der Waals surface area contributed by atoms with Gasteiger partial charge in [0.1, 0.15) is 22.3 Å². The highest BCUT2D eigenvalue weighted by molar-refractivity contribution is 7.84. The molecule has 9 nitrogen and oxygen atoms in total. The van der Waals surface area contributed by atoms with Crippen LogP contribution in [-0.4, -0.2) is 73.3 Å². The van der Waals surface area contributed by atoms with Crippen molar-refractivity contribution >= 4 is 45.2 Å². The van der Waals surface area contributed by atoms with Crippen LogP contribution in [0.4, 0.5) is 15.0 Å². The summed E-state index contributed by atoms with van der Waals surface area (Å²) in [4.78, 5) is 29.8. The summed E-state index contributed by atoms with van der Waals surface area (Å²) in [6, 6.07) is -0.343. The van der Waals surface area contributed by atoms with E-state index >= 15 is 0 Å². The van der Waals surface area contributed by atoms with E-state index in [-0.39, 0.29) is 45.9 Å². The normalized spacial score (nSPS) is 25.2. The summed E-state index contributed by atoms with van der Waals surface area (Å²) in [5, 5.41) is -0.0475. The van der Waals surface area contributed by atoms with Gasteiger partial charge in [-0.3, -0.25) is 9.11 Å². The number of nitrogens with zero attached hydrogens (tertiary/aromatic N) is 5. The maximum absolute atomic E-state index is 15.0. The topological polar surface area (TPSA) is 97.7 Å². The molecule has 2 aromatic heterocycles. The molecule has 1 unspecified atom stereocenters. The maximum atomic E-state index is 15.0. The molecule has 2 aromatic rings. The quantitative estimate of drug-likeness (QED) is 0.437. The van der Waals surface area contributed by atoms with E-state index in [1.807, 2.05) is 25.7 Å². The number of hydrogen-bond donors (Lipinski definition) is 0. The zero-order valence-electron chi connectivity index (χ0n) is 18.8. The fourth-order valence-electron chi connectivity index (χ4n) is 5.02. The molecule has 0 saturated carbocycles. The Hall–Kier alpha value is -2.27. The van der Waals surface area contributed by atoms with Gasteiger partial charge in [0.05, 0.1) is 35.5 Å². The van der Waals surface area contributed by atoms with Gasteiger partial charge in [-0.1, -0.05) is 11.6 Å². The summed E-state index contributed by atoms with van der Waals surface area (Å²) in [5.74, 6) is -0.240.